The van der Waals surface area contributed by atoms with Gasteiger partial charge in [-0.2, -0.15) is 0 Å². The third-order valence-corrected chi connectivity index (χ3v) is 4.53. The molecular weight excluding hydrogens is 340 g/mol. The number of piperidine rings is 1. The van der Waals surface area contributed by atoms with Gasteiger partial charge in [0, 0.05) is 36.6 Å². The Kier molecular flexibility index (Phi) is 7.37. The number of nitrogens with one attached hydrogen (secondary N) is 1. The molecule has 1 saturated heterocycles. The molecule has 1 fully saturated rings. The molecule has 0 saturated carbocycles. The Hall–Kier alpha value is -1.95. The maximum atomic E-state index is 11.2. The maximum absolute atomic E-state index is 11.2. The van der Waals surface area contributed by atoms with Gasteiger partial charge in [0.05, 0.1) is 13.7 Å². The first kappa shape index (κ1) is 19.4. The molecule has 1 aliphatic heterocycles. The molecule has 1 aliphatic rings. The number of likely N-dealkylation sites (tertiary alicyclic amines) is 1. The van der Waals surface area contributed by atoms with E-state index in [0.717, 1.165) is 49.7 Å². The highest BCUT2D eigenvalue weighted by Crippen LogP contribution is 2.24. The van der Waals surface area contributed by atoms with Crippen LogP contribution in [0.5, 0.6) is 5.75 Å². The van der Waals surface area contributed by atoms with Gasteiger partial charge in [-0.15, -0.1) is 0 Å². The molecule has 25 heavy (non-hydrogen) atoms. The van der Waals surface area contributed by atoms with Crippen LogP contribution in [0, 0.1) is 5.92 Å². The van der Waals surface area contributed by atoms with E-state index in [-0.39, 0.29) is 5.91 Å². The summed E-state index contributed by atoms with van der Waals surface area (Å²) in [5, 5.41) is 3.98. The summed E-state index contributed by atoms with van der Waals surface area (Å²) in [6.07, 6.45) is 2.50. The molecule has 6 nitrogen and oxygen atoms in total. The zero-order chi connectivity index (χ0) is 18.2. The van der Waals surface area contributed by atoms with E-state index in [9.17, 15) is 4.79 Å². The summed E-state index contributed by atoms with van der Waals surface area (Å²) in [6, 6.07) is 5.56. The lowest BCUT2D eigenvalue weighted by Gasteiger charge is -2.34. The monoisotopic (exact) mass is 366 g/mol. The molecule has 1 aromatic rings. The number of amides is 1. The van der Waals surface area contributed by atoms with Gasteiger partial charge in [-0.1, -0.05) is 17.7 Å². The van der Waals surface area contributed by atoms with Crippen molar-refractivity contribution in [1.82, 2.24) is 10.2 Å². The molecule has 1 heterocycles. The van der Waals surface area contributed by atoms with E-state index in [2.05, 4.69) is 10.2 Å². The number of rotatable bonds is 6. The average molecular weight is 367 g/mol. The Morgan fingerprint density at radius 1 is 1.52 bits per heavy atom. The second kappa shape index (κ2) is 9.51. The van der Waals surface area contributed by atoms with Crippen molar-refractivity contribution < 1.29 is 9.53 Å². The largest absolute Gasteiger partial charge is 0.496 e. The summed E-state index contributed by atoms with van der Waals surface area (Å²) >= 11 is 6.01. The van der Waals surface area contributed by atoms with E-state index in [4.69, 9.17) is 27.1 Å². The van der Waals surface area contributed by atoms with E-state index in [0.29, 0.717) is 23.9 Å². The van der Waals surface area contributed by atoms with Gasteiger partial charge < -0.3 is 20.7 Å². The van der Waals surface area contributed by atoms with Crippen molar-refractivity contribution >= 4 is 23.5 Å². The van der Waals surface area contributed by atoms with Gasteiger partial charge in [0.2, 0.25) is 5.91 Å². The molecule has 0 aliphatic carbocycles. The summed E-state index contributed by atoms with van der Waals surface area (Å²) < 4.78 is 5.39. The first-order valence-electron chi connectivity index (χ1n) is 8.67. The number of hydrogen-bond acceptors (Lipinski definition) is 3. The third-order valence-electron chi connectivity index (χ3n) is 4.29. The first-order chi connectivity index (χ1) is 12.0. The second-order valence-electron chi connectivity index (χ2n) is 6.25. The van der Waals surface area contributed by atoms with E-state index in [1.54, 1.807) is 13.2 Å². The van der Waals surface area contributed by atoms with Crippen LogP contribution in [0.1, 0.15) is 31.7 Å². The fourth-order valence-electron chi connectivity index (χ4n) is 3.14. The van der Waals surface area contributed by atoms with Crippen molar-refractivity contribution in [3.05, 3.63) is 28.8 Å². The van der Waals surface area contributed by atoms with Gasteiger partial charge in [0.25, 0.3) is 0 Å². The number of halogens is 1. The lowest BCUT2D eigenvalue weighted by atomic mass is 9.95. The molecular formula is C18H27ClN4O2. The SMILES string of the molecule is CCNC(=NCc1ccc(Cl)cc1OC)N1CCCC(CC(N)=O)C1. The number of guanidine groups is 1. The predicted molar refractivity (Wildman–Crippen MR) is 101 cm³/mol. The standard InChI is InChI=1S/C18H27ClN4O2/c1-3-21-18(23-8-4-5-13(12-23)9-17(20)24)22-11-14-6-7-15(19)10-16(14)25-2/h6-7,10,13H,3-5,8-9,11-12H2,1-2H3,(H2,20,24)(H,21,22). The topological polar surface area (TPSA) is 80.0 Å². The minimum absolute atomic E-state index is 0.236. The van der Waals surface area contributed by atoms with E-state index in [1.807, 2.05) is 19.1 Å². The zero-order valence-electron chi connectivity index (χ0n) is 14.9. The number of nitrogens with two attached hydrogens (primary N) is 1. The molecule has 1 aromatic carbocycles. The number of hydrogen-bond donors (Lipinski definition) is 2. The van der Waals surface area contributed by atoms with Crippen LogP contribution >= 0.6 is 11.6 Å². The molecule has 7 heteroatoms. The number of carbonyl (C=O) groups is 1. The van der Waals surface area contributed by atoms with Gasteiger partial charge in [0.15, 0.2) is 5.96 Å². The van der Waals surface area contributed by atoms with Crippen molar-refractivity contribution in [3.8, 4) is 5.75 Å². The van der Waals surface area contributed by atoms with Gasteiger partial charge in [-0.25, -0.2) is 4.99 Å². The Bertz CT molecular complexity index is 621. The quantitative estimate of drug-likeness (QED) is 0.598. The molecule has 0 spiro atoms. The van der Waals surface area contributed by atoms with Crippen molar-refractivity contribution in [2.75, 3.05) is 26.7 Å². The Labute approximate surface area is 154 Å². The highest BCUT2D eigenvalue weighted by atomic mass is 35.5. The van der Waals surface area contributed by atoms with Crippen LogP contribution in [0.3, 0.4) is 0 Å². The summed E-state index contributed by atoms with van der Waals surface area (Å²) in [5.41, 5.74) is 6.33. The van der Waals surface area contributed by atoms with E-state index in [1.165, 1.54) is 0 Å². The zero-order valence-corrected chi connectivity index (χ0v) is 15.7. The van der Waals surface area contributed by atoms with Crippen LogP contribution in [0.2, 0.25) is 5.02 Å². The summed E-state index contributed by atoms with van der Waals surface area (Å²) in [4.78, 5) is 18.2. The minimum atomic E-state index is -0.236. The Morgan fingerprint density at radius 3 is 3.00 bits per heavy atom. The molecule has 1 amide bonds. The molecule has 138 valence electrons. The van der Waals surface area contributed by atoms with Crippen LogP contribution in [0.15, 0.2) is 23.2 Å². The number of aliphatic imine (C=N–C) groups is 1. The fraction of sp³-hybridized carbons (Fsp3) is 0.556. The molecule has 1 unspecified atom stereocenters. The molecule has 0 aromatic heterocycles. The smallest absolute Gasteiger partial charge is 0.217 e. The maximum Gasteiger partial charge on any atom is 0.217 e. The van der Waals surface area contributed by atoms with Crippen molar-refractivity contribution in [1.29, 1.82) is 0 Å². The van der Waals surface area contributed by atoms with Gasteiger partial charge >= 0.3 is 0 Å². The van der Waals surface area contributed by atoms with E-state index < -0.39 is 0 Å². The second-order valence-corrected chi connectivity index (χ2v) is 6.69. The highest BCUT2D eigenvalue weighted by molar-refractivity contribution is 6.30. The molecule has 2 rings (SSSR count). The average Bonchev–Trinajstić information content (AvgIpc) is 2.59. The molecule has 0 bridgehead atoms. The number of carbonyl (C=O) groups excluding carboxylic acids is 1. The number of ether oxygens (including phenoxy) is 1. The predicted octanol–water partition coefficient (Wildman–Crippen LogP) is 2.40. The van der Waals surface area contributed by atoms with Gasteiger partial charge in [0.1, 0.15) is 5.75 Å². The number of primary amides is 1. The lowest BCUT2D eigenvalue weighted by molar-refractivity contribution is -0.119. The van der Waals surface area contributed by atoms with Crippen molar-refractivity contribution in [2.45, 2.75) is 32.7 Å². The number of benzene rings is 1. The first-order valence-corrected chi connectivity index (χ1v) is 9.05. The van der Waals surface area contributed by atoms with Crippen LogP contribution < -0.4 is 15.8 Å². The highest BCUT2D eigenvalue weighted by Gasteiger charge is 2.23. The minimum Gasteiger partial charge on any atom is -0.496 e. The summed E-state index contributed by atoms with van der Waals surface area (Å²) in [5.74, 6) is 1.64. The fourth-order valence-corrected chi connectivity index (χ4v) is 3.31. The molecule has 3 N–H and O–H groups in total. The van der Waals surface area contributed by atoms with Crippen LogP contribution in [0.4, 0.5) is 0 Å². The molecule has 1 atom stereocenters. The lowest BCUT2D eigenvalue weighted by Crippen LogP contribution is -2.47. The van der Waals surface area contributed by atoms with Crippen molar-refractivity contribution in [3.63, 3.8) is 0 Å². The van der Waals surface area contributed by atoms with E-state index >= 15 is 0 Å². The number of methoxy groups -OCH3 is 1. The summed E-state index contributed by atoms with van der Waals surface area (Å²) in [6.45, 7) is 5.06. The van der Waals surface area contributed by atoms with Crippen LogP contribution in [-0.4, -0.2) is 43.5 Å². The van der Waals surface area contributed by atoms with Gasteiger partial charge in [-0.3, -0.25) is 4.79 Å². The summed E-state index contributed by atoms with van der Waals surface area (Å²) in [7, 11) is 1.63. The van der Waals surface area contributed by atoms with Gasteiger partial charge in [-0.05, 0) is 37.8 Å². The van der Waals surface area contributed by atoms with Crippen LogP contribution in [-0.2, 0) is 11.3 Å². The molecule has 0 radical (unpaired) electrons. The number of nitrogens with zero attached hydrogens (tertiary/aromatic N) is 2. The normalized spacial score (nSPS) is 18.1. The van der Waals surface area contributed by atoms with Crippen molar-refractivity contribution in [2.24, 2.45) is 16.6 Å². The third kappa shape index (κ3) is 5.81. The van der Waals surface area contributed by atoms with Crippen LogP contribution in [0.25, 0.3) is 0 Å². The Morgan fingerprint density at radius 2 is 2.32 bits per heavy atom. The Balaban J connectivity index is 2.11.